The zero-order valence-electron chi connectivity index (χ0n) is 5.82. The second-order valence-electron chi connectivity index (χ2n) is 2.26. The van der Waals surface area contributed by atoms with Gasteiger partial charge in [0.25, 0.3) is 0 Å². The largest absolute Gasteiger partial charge is 0.478 e. The molecule has 0 bridgehead atoms. The number of carboxylic acid groups (broad SMARTS) is 1. The second-order valence-corrected chi connectivity index (χ2v) is 2.26. The number of aliphatic carboxylic acids is 1. The first-order valence-corrected chi connectivity index (χ1v) is 3.28. The van der Waals surface area contributed by atoms with Crippen molar-refractivity contribution in [2.24, 2.45) is 5.92 Å². The molecule has 1 aliphatic heterocycles. The molecule has 1 atom stereocenters. The Morgan fingerprint density at radius 2 is 2.45 bits per heavy atom. The SMILES string of the molecule is O=C(O)C=CC1CCOC1=O. The quantitative estimate of drug-likeness (QED) is 0.458. The molecule has 1 N–H and O–H groups in total. The molecule has 1 saturated heterocycles. The molecule has 0 aromatic rings. The fraction of sp³-hybridized carbons (Fsp3) is 0.429. The van der Waals surface area contributed by atoms with Gasteiger partial charge in [0.2, 0.25) is 0 Å². The van der Waals surface area contributed by atoms with Crippen molar-refractivity contribution in [3.05, 3.63) is 12.2 Å². The standard InChI is InChI=1S/C7H8O4/c8-6(9)2-1-5-3-4-11-7(5)10/h1-2,5H,3-4H2,(H,8,9). The molecule has 60 valence electrons. The summed E-state index contributed by atoms with van der Waals surface area (Å²) in [4.78, 5) is 20.7. The molecule has 11 heavy (non-hydrogen) atoms. The lowest BCUT2D eigenvalue weighted by Crippen LogP contribution is -2.04. The predicted molar refractivity (Wildman–Crippen MR) is 35.8 cm³/mol. The summed E-state index contributed by atoms with van der Waals surface area (Å²) >= 11 is 0. The Balaban J connectivity index is 2.48. The van der Waals surface area contributed by atoms with E-state index in [1.54, 1.807) is 0 Å². The van der Waals surface area contributed by atoms with Crippen LogP contribution in [-0.4, -0.2) is 23.7 Å². The Hall–Kier alpha value is -1.32. The maximum Gasteiger partial charge on any atom is 0.328 e. The van der Waals surface area contributed by atoms with E-state index in [0.717, 1.165) is 6.08 Å². The normalized spacial score (nSPS) is 24.0. The minimum absolute atomic E-state index is 0.331. The van der Waals surface area contributed by atoms with E-state index in [9.17, 15) is 9.59 Å². The summed E-state index contributed by atoms with van der Waals surface area (Å²) in [5.41, 5.74) is 0. The molecule has 1 aliphatic rings. The van der Waals surface area contributed by atoms with E-state index in [1.807, 2.05) is 0 Å². The van der Waals surface area contributed by atoms with E-state index in [-0.39, 0.29) is 11.9 Å². The third kappa shape index (κ3) is 2.07. The van der Waals surface area contributed by atoms with Crippen LogP contribution in [0.1, 0.15) is 6.42 Å². The molecule has 0 amide bonds. The van der Waals surface area contributed by atoms with Crippen molar-refractivity contribution < 1.29 is 19.4 Å². The second kappa shape index (κ2) is 3.18. The number of carboxylic acids is 1. The van der Waals surface area contributed by atoms with Gasteiger partial charge < -0.3 is 9.84 Å². The Morgan fingerprint density at radius 1 is 1.73 bits per heavy atom. The summed E-state index contributed by atoms with van der Waals surface area (Å²) in [5, 5.41) is 8.22. The maximum absolute atomic E-state index is 10.7. The Kier molecular flexibility index (Phi) is 2.25. The van der Waals surface area contributed by atoms with Crippen molar-refractivity contribution in [1.29, 1.82) is 0 Å². The van der Waals surface area contributed by atoms with Crippen LogP contribution in [0.4, 0.5) is 0 Å². The molecular weight excluding hydrogens is 148 g/mol. The number of hydrogen-bond donors (Lipinski definition) is 1. The summed E-state index contributed by atoms with van der Waals surface area (Å²) in [7, 11) is 0. The van der Waals surface area contributed by atoms with Gasteiger partial charge in [0.15, 0.2) is 0 Å². The average Bonchev–Trinajstić information content (AvgIpc) is 2.31. The van der Waals surface area contributed by atoms with E-state index in [4.69, 9.17) is 5.11 Å². The molecule has 4 heteroatoms. The summed E-state index contributed by atoms with van der Waals surface area (Å²) in [6.45, 7) is 0.396. The van der Waals surface area contributed by atoms with Gasteiger partial charge in [0.05, 0.1) is 12.5 Å². The number of carbonyl (C=O) groups excluding carboxylic acids is 1. The first kappa shape index (κ1) is 7.78. The Morgan fingerprint density at radius 3 is 2.91 bits per heavy atom. The molecule has 0 aliphatic carbocycles. The molecule has 0 aromatic heterocycles. The van der Waals surface area contributed by atoms with E-state index < -0.39 is 5.97 Å². The number of esters is 1. The van der Waals surface area contributed by atoms with E-state index in [1.165, 1.54) is 6.08 Å². The van der Waals surface area contributed by atoms with Crippen molar-refractivity contribution in [2.45, 2.75) is 6.42 Å². The minimum Gasteiger partial charge on any atom is -0.478 e. The van der Waals surface area contributed by atoms with Crippen LogP contribution in [0.3, 0.4) is 0 Å². The molecular formula is C7H8O4. The summed E-state index contributed by atoms with van der Waals surface area (Å²) < 4.78 is 4.61. The first-order valence-electron chi connectivity index (χ1n) is 3.28. The summed E-state index contributed by atoms with van der Waals surface area (Å²) in [6, 6.07) is 0. The topological polar surface area (TPSA) is 63.6 Å². The number of carbonyl (C=O) groups is 2. The lowest BCUT2D eigenvalue weighted by Gasteiger charge is -1.93. The monoisotopic (exact) mass is 156 g/mol. The number of cyclic esters (lactones) is 1. The number of hydrogen-bond acceptors (Lipinski definition) is 3. The van der Waals surface area contributed by atoms with Crippen LogP contribution in [0.2, 0.25) is 0 Å². The Labute approximate surface area is 63.5 Å². The van der Waals surface area contributed by atoms with Gasteiger partial charge in [-0.25, -0.2) is 4.79 Å². The van der Waals surface area contributed by atoms with Gasteiger partial charge in [-0.15, -0.1) is 0 Å². The molecule has 1 unspecified atom stereocenters. The number of ether oxygens (including phenoxy) is 1. The van der Waals surface area contributed by atoms with Crippen molar-refractivity contribution in [2.75, 3.05) is 6.61 Å². The first-order chi connectivity index (χ1) is 5.20. The van der Waals surface area contributed by atoms with Crippen LogP contribution in [0, 0.1) is 5.92 Å². The van der Waals surface area contributed by atoms with Crippen LogP contribution in [0.15, 0.2) is 12.2 Å². The van der Waals surface area contributed by atoms with Crippen molar-refractivity contribution in [1.82, 2.24) is 0 Å². The summed E-state index contributed by atoms with van der Waals surface area (Å²) in [5.74, 6) is -1.72. The van der Waals surface area contributed by atoms with Gasteiger partial charge in [-0.3, -0.25) is 4.79 Å². The van der Waals surface area contributed by atoms with Gasteiger partial charge in [-0.1, -0.05) is 6.08 Å². The van der Waals surface area contributed by atoms with Crippen molar-refractivity contribution in [3.8, 4) is 0 Å². The molecule has 0 radical (unpaired) electrons. The smallest absolute Gasteiger partial charge is 0.328 e. The number of rotatable bonds is 2. The summed E-state index contributed by atoms with van der Waals surface area (Å²) in [6.07, 6.45) is 2.91. The maximum atomic E-state index is 10.7. The van der Waals surface area contributed by atoms with Gasteiger partial charge in [-0.05, 0) is 6.42 Å². The fourth-order valence-corrected chi connectivity index (χ4v) is 0.885. The molecule has 4 nitrogen and oxygen atoms in total. The molecule has 1 rings (SSSR count). The predicted octanol–water partition coefficient (Wildman–Crippen LogP) is 0.190. The van der Waals surface area contributed by atoms with Crippen molar-refractivity contribution >= 4 is 11.9 Å². The third-order valence-electron chi connectivity index (χ3n) is 1.45. The molecule has 0 spiro atoms. The van der Waals surface area contributed by atoms with E-state index in [0.29, 0.717) is 13.0 Å². The van der Waals surface area contributed by atoms with Crippen LogP contribution < -0.4 is 0 Å². The van der Waals surface area contributed by atoms with Gasteiger partial charge in [0, 0.05) is 6.08 Å². The molecule has 1 heterocycles. The highest BCUT2D eigenvalue weighted by Crippen LogP contribution is 2.14. The highest BCUT2D eigenvalue weighted by Gasteiger charge is 2.23. The van der Waals surface area contributed by atoms with Crippen LogP contribution in [0.5, 0.6) is 0 Å². The van der Waals surface area contributed by atoms with Crippen LogP contribution >= 0.6 is 0 Å². The molecule has 1 fully saturated rings. The van der Waals surface area contributed by atoms with E-state index >= 15 is 0 Å². The van der Waals surface area contributed by atoms with Gasteiger partial charge in [0.1, 0.15) is 0 Å². The van der Waals surface area contributed by atoms with E-state index in [2.05, 4.69) is 4.74 Å². The lowest BCUT2D eigenvalue weighted by molar-refractivity contribution is -0.140. The zero-order valence-corrected chi connectivity index (χ0v) is 5.82. The average molecular weight is 156 g/mol. The highest BCUT2D eigenvalue weighted by molar-refractivity contribution is 5.82. The zero-order chi connectivity index (χ0) is 8.27. The third-order valence-corrected chi connectivity index (χ3v) is 1.45. The Bertz CT molecular complexity index is 206. The van der Waals surface area contributed by atoms with Crippen molar-refractivity contribution in [3.63, 3.8) is 0 Å². The highest BCUT2D eigenvalue weighted by atomic mass is 16.5. The lowest BCUT2D eigenvalue weighted by atomic mass is 10.1. The van der Waals surface area contributed by atoms with Gasteiger partial charge in [-0.2, -0.15) is 0 Å². The van der Waals surface area contributed by atoms with Crippen LogP contribution in [0.25, 0.3) is 0 Å². The molecule has 0 saturated carbocycles. The van der Waals surface area contributed by atoms with Crippen LogP contribution in [-0.2, 0) is 14.3 Å². The van der Waals surface area contributed by atoms with Gasteiger partial charge >= 0.3 is 11.9 Å². The fourth-order valence-electron chi connectivity index (χ4n) is 0.885. The molecule has 0 aromatic carbocycles. The minimum atomic E-state index is -1.04.